The molecule has 0 aromatic carbocycles. The number of rotatable bonds is 4. The fourth-order valence-corrected chi connectivity index (χ4v) is 4.63. The molecule has 3 atom stereocenters. The zero-order valence-electron chi connectivity index (χ0n) is 15.5. The highest BCUT2D eigenvalue weighted by Crippen LogP contribution is 2.35. The zero-order chi connectivity index (χ0) is 18.4. The van der Waals surface area contributed by atoms with Crippen molar-refractivity contribution in [2.24, 2.45) is 0 Å². The van der Waals surface area contributed by atoms with E-state index in [0.29, 0.717) is 18.5 Å². The zero-order valence-corrected chi connectivity index (χ0v) is 15.5. The fraction of sp³-hybridized carbons (Fsp3) is 0.500. The van der Waals surface area contributed by atoms with E-state index in [4.69, 9.17) is 4.74 Å². The van der Waals surface area contributed by atoms with E-state index < -0.39 is 0 Å². The Morgan fingerprint density at radius 1 is 1.26 bits per heavy atom. The van der Waals surface area contributed by atoms with Crippen LogP contribution in [0.1, 0.15) is 24.4 Å². The van der Waals surface area contributed by atoms with E-state index in [0.717, 1.165) is 43.0 Å². The average molecular weight is 367 g/mol. The van der Waals surface area contributed by atoms with E-state index in [-0.39, 0.29) is 12.7 Å². The van der Waals surface area contributed by atoms with Crippen molar-refractivity contribution in [1.29, 1.82) is 0 Å². The van der Waals surface area contributed by atoms with Gasteiger partial charge in [0.2, 0.25) is 0 Å². The topological polar surface area (TPSA) is 67.8 Å². The van der Waals surface area contributed by atoms with Crippen molar-refractivity contribution < 1.29 is 9.84 Å². The monoisotopic (exact) mass is 367 g/mol. The minimum absolute atomic E-state index is 0.148. The molecule has 142 valence electrons. The number of imidazole rings is 1. The van der Waals surface area contributed by atoms with Gasteiger partial charge in [0.15, 0.2) is 0 Å². The van der Waals surface area contributed by atoms with Gasteiger partial charge in [-0.15, -0.1) is 0 Å². The van der Waals surface area contributed by atoms with Crippen LogP contribution in [0.5, 0.6) is 0 Å². The molecule has 5 rings (SSSR count). The summed E-state index contributed by atoms with van der Waals surface area (Å²) in [6.07, 6.45) is 9.80. The van der Waals surface area contributed by atoms with Gasteiger partial charge in [0, 0.05) is 50.4 Å². The molecule has 2 aliphatic rings. The molecule has 2 saturated heterocycles. The first-order valence-electron chi connectivity index (χ1n) is 9.67. The molecule has 1 N–H and O–H groups in total. The highest BCUT2D eigenvalue weighted by atomic mass is 16.5. The van der Waals surface area contributed by atoms with Gasteiger partial charge in [-0.05, 0) is 31.4 Å². The normalized spacial score (nSPS) is 25.9. The number of hydrogen-bond acceptors (Lipinski definition) is 5. The SMILES string of the molecule is Cc1cccn2ncc(-c3nccn3[C@H]3C[C@H]4CO[C@@H](CCO)CN4C3)c12. The molecule has 7 heteroatoms. The lowest BCUT2D eigenvalue weighted by Gasteiger charge is -2.34. The number of morpholine rings is 1. The lowest BCUT2D eigenvalue weighted by molar-refractivity contribution is -0.0567. The van der Waals surface area contributed by atoms with Gasteiger partial charge < -0.3 is 14.4 Å². The Kier molecular flexibility index (Phi) is 4.22. The molecule has 0 bridgehead atoms. The number of fused-ring (bicyclic) bond motifs is 2. The number of aromatic nitrogens is 4. The van der Waals surface area contributed by atoms with Crippen LogP contribution in [-0.4, -0.2) is 67.6 Å². The van der Waals surface area contributed by atoms with Crippen molar-refractivity contribution in [2.45, 2.75) is 38.0 Å². The third kappa shape index (κ3) is 2.86. The molecule has 3 aromatic heterocycles. The number of aryl methyl sites for hydroxylation is 1. The summed E-state index contributed by atoms with van der Waals surface area (Å²) in [5.41, 5.74) is 3.40. The first-order chi connectivity index (χ1) is 13.2. The first kappa shape index (κ1) is 16.9. The van der Waals surface area contributed by atoms with Crippen LogP contribution in [0, 0.1) is 6.92 Å². The van der Waals surface area contributed by atoms with Crippen molar-refractivity contribution in [1.82, 2.24) is 24.1 Å². The number of hydrogen-bond donors (Lipinski definition) is 1. The van der Waals surface area contributed by atoms with Gasteiger partial charge in [0.1, 0.15) is 5.82 Å². The largest absolute Gasteiger partial charge is 0.396 e. The summed E-state index contributed by atoms with van der Waals surface area (Å²) in [6, 6.07) is 4.96. The third-order valence-electron chi connectivity index (χ3n) is 5.96. The van der Waals surface area contributed by atoms with Gasteiger partial charge in [-0.1, -0.05) is 6.07 Å². The maximum atomic E-state index is 9.19. The standard InChI is InChI=1S/C20H25N5O2/c1-14-3-2-6-25-19(14)18(10-22-25)20-21-5-7-24(20)15-9-16-13-27-17(4-8-26)12-23(16)11-15/h2-3,5-7,10,15-17,26H,4,8-9,11-13H2,1H3/t15-,16-,17-/m0/s1. The van der Waals surface area contributed by atoms with Crippen molar-refractivity contribution in [2.75, 3.05) is 26.3 Å². The van der Waals surface area contributed by atoms with Crippen molar-refractivity contribution in [3.8, 4) is 11.4 Å². The second-order valence-electron chi connectivity index (χ2n) is 7.67. The first-order valence-corrected chi connectivity index (χ1v) is 9.67. The predicted molar refractivity (Wildman–Crippen MR) is 102 cm³/mol. The Balaban J connectivity index is 1.44. The van der Waals surface area contributed by atoms with Crippen LogP contribution >= 0.6 is 0 Å². The lowest BCUT2D eigenvalue weighted by Crippen LogP contribution is -2.46. The molecule has 0 radical (unpaired) electrons. The van der Waals surface area contributed by atoms with E-state index in [1.54, 1.807) is 0 Å². The maximum Gasteiger partial charge on any atom is 0.144 e. The van der Waals surface area contributed by atoms with Crippen LogP contribution in [0.15, 0.2) is 36.9 Å². The lowest BCUT2D eigenvalue weighted by atomic mass is 10.1. The molecule has 5 heterocycles. The highest BCUT2D eigenvalue weighted by molar-refractivity contribution is 5.78. The molecule has 2 aliphatic heterocycles. The molecule has 0 aliphatic carbocycles. The van der Waals surface area contributed by atoms with Crippen molar-refractivity contribution >= 4 is 5.52 Å². The van der Waals surface area contributed by atoms with Crippen LogP contribution in [0.3, 0.4) is 0 Å². The number of pyridine rings is 1. The quantitative estimate of drug-likeness (QED) is 0.763. The molecule has 0 unspecified atom stereocenters. The van der Waals surface area contributed by atoms with Gasteiger partial charge in [0.25, 0.3) is 0 Å². The van der Waals surface area contributed by atoms with E-state index in [2.05, 4.69) is 38.7 Å². The van der Waals surface area contributed by atoms with E-state index in [1.165, 1.54) is 5.56 Å². The smallest absolute Gasteiger partial charge is 0.144 e. The third-order valence-corrected chi connectivity index (χ3v) is 5.96. The molecular formula is C20H25N5O2. The Morgan fingerprint density at radius 2 is 2.19 bits per heavy atom. The number of aliphatic hydroxyl groups excluding tert-OH is 1. The van der Waals surface area contributed by atoms with Crippen molar-refractivity contribution in [3.05, 3.63) is 42.5 Å². The van der Waals surface area contributed by atoms with Gasteiger partial charge >= 0.3 is 0 Å². The van der Waals surface area contributed by atoms with E-state index in [9.17, 15) is 5.11 Å². The molecule has 7 nitrogen and oxygen atoms in total. The summed E-state index contributed by atoms with van der Waals surface area (Å²) >= 11 is 0. The van der Waals surface area contributed by atoms with E-state index in [1.807, 2.05) is 29.2 Å². The predicted octanol–water partition coefficient (Wildman–Crippen LogP) is 1.90. The van der Waals surface area contributed by atoms with Gasteiger partial charge in [-0.2, -0.15) is 5.10 Å². The summed E-state index contributed by atoms with van der Waals surface area (Å²) in [7, 11) is 0. The molecular weight excluding hydrogens is 342 g/mol. The Bertz CT molecular complexity index is 949. The maximum absolute atomic E-state index is 9.19. The van der Waals surface area contributed by atoms with Gasteiger partial charge in [0.05, 0.1) is 30.0 Å². The summed E-state index contributed by atoms with van der Waals surface area (Å²) < 4.78 is 10.2. The fourth-order valence-electron chi connectivity index (χ4n) is 4.63. The van der Waals surface area contributed by atoms with Gasteiger partial charge in [-0.25, -0.2) is 9.50 Å². The summed E-state index contributed by atoms with van der Waals surface area (Å²) in [4.78, 5) is 7.20. The minimum Gasteiger partial charge on any atom is -0.396 e. The van der Waals surface area contributed by atoms with Crippen LogP contribution in [0.25, 0.3) is 16.9 Å². The van der Waals surface area contributed by atoms with Crippen LogP contribution < -0.4 is 0 Å². The molecule has 0 saturated carbocycles. The Labute approximate surface area is 158 Å². The molecule has 0 spiro atoms. The average Bonchev–Trinajstić information content (AvgIpc) is 3.38. The second-order valence-corrected chi connectivity index (χ2v) is 7.67. The van der Waals surface area contributed by atoms with Crippen LogP contribution in [0.2, 0.25) is 0 Å². The summed E-state index contributed by atoms with van der Waals surface area (Å²) in [6.45, 7) is 4.95. The molecule has 3 aromatic rings. The number of ether oxygens (including phenoxy) is 1. The number of aliphatic hydroxyl groups is 1. The van der Waals surface area contributed by atoms with Crippen molar-refractivity contribution in [3.63, 3.8) is 0 Å². The Morgan fingerprint density at radius 3 is 3.07 bits per heavy atom. The minimum atomic E-state index is 0.148. The second kappa shape index (κ2) is 6.74. The highest BCUT2D eigenvalue weighted by Gasteiger charge is 2.38. The molecule has 0 amide bonds. The summed E-state index contributed by atoms with van der Waals surface area (Å²) in [5, 5.41) is 13.7. The summed E-state index contributed by atoms with van der Waals surface area (Å²) in [5.74, 6) is 0.983. The van der Waals surface area contributed by atoms with Gasteiger partial charge in [-0.3, -0.25) is 4.90 Å². The molecule has 27 heavy (non-hydrogen) atoms. The molecule has 2 fully saturated rings. The number of nitrogens with zero attached hydrogens (tertiary/aromatic N) is 5. The Hall–Kier alpha value is -2.22. The van der Waals surface area contributed by atoms with Crippen LogP contribution in [0.4, 0.5) is 0 Å². The van der Waals surface area contributed by atoms with Crippen LogP contribution in [-0.2, 0) is 4.74 Å². The van der Waals surface area contributed by atoms with E-state index >= 15 is 0 Å².